The summed E-state index contributed by atoms with van der Waals surface area (Å²) in [6, 6.07) is 0. The standard InChI is InChI=1S/C17H28O2/c1-8-14(4)10-11-15(17(5,6)7)19-16(18)12-9-13(2)3/h8-10,12-13,15H,1,11H2,2-7H3/b12-9+,14-10+/t15-/m1/s1. The quantitative estimate of drug-likeness (QED) is 0.395. The third kappa shape index (κ3) is 8.41. The molecule has 2 heteroatoms. The van der Waals surface area contributed by atoms with E-state index in [-0.39, 0.29) is 17.5 Å². The molecule has 0 saturated heterocycles. The fourth-order valence-corrected chi connectivity index (χ4v) is 1.41. The Labute approximate surface area is 118 Å². The molecule has 0 fully saturated rings. The van der Waals surface area contributed by atoms with Gasteiger partial charge in [-0.15, -0.1) is 0 Å². The topological polar surface area (TPSA) is 26.3 Å². The summed E-state index contributed by atoms with van der Waals surface area (Å²) in [5, 5.41) is 0. The van der Waals surface area contributed by atoms with Gasteiger partial charge in [-0.05, 0) is 18.3 Å². The minimum absolute atomic E-state index is 0.0840. The maximum absolute atomic E-state index is 11.8. The Morgan fingerprint density at radius 2 is 1.89 bits per heavy atom. The third-order valence-electron chi connectivity index (χ3n) is 2.82. The zero-order chi connectivity index (χ0) is 15.1. The minimum Gasteiger partial charge on any atom is -0.458 e. The van der Waals surface area contributed by atoms with Gasteiger partial charge in [-0.2, -0.15) is 0 Å². The van der Waals surface area contributed by atoms with E-state index in [0.29, 0.717) is 12.3 Å². The first-order valence-corrected chi connectivity index (χ1v) is 6.84. The molecular formula is C17H28O2. The van der Waals surface area contributed by atoms with Crippen LogP contribution in [-0.2, 0) is 9.53 Å². The molecular weight excluding hydrogens is 236 g/mol. The van der Waals surface area contributed by atoms with Gasteiger partial charge < -0.3 is 4.74 Å². The smallest absolute Gasteiger partial charge is 0.330 e. The van der Waals surface area contributed by atoms with Crippen molar-refractivity contribution >= 4 is 5.97 Å². The van der Waals surface area contributed by atoms with Crippen molar-refractivity contribution in [2.45, 2.75) is 54.1 Å². The summed E-state index contributed by atoms with van der Waals surface area (Å²) in [6.45, 7) is 16.0. The Bertz CT molecular complexity index is 354. The lowest BCUT2D eigenvalue weighted by Gasteiger charge is -2.29. The first-order valence-electron chi connectivity index (χ1n) is 6.84. The molecule has 0 rings (SSSR count). The third-order valence-corrected chi connectivity index (χ3v) is 2.82. The molecule has 0 N–H and O–H groups in total. The number of carbonyl (C=O) groups is 1. The van der Waals surface area contributed by atoms with Crippen molar-refractivity contribution in [2.24, 2.45) is 11.3 Å². The highest BCUT2D eigenvalue weighted by Crippen LogP contribution is 2.26. The van der Waals surface area contributed by atoms with Gasteiger partial charge in [-0.1, -0.05) is 65.0 Å². The molecule has 0 saturated carbocycles. The molecule has 108 valence electrons. The van der Waals surface area contributed by atoms with Gasteiger partial charge in [0.15, 0.2) is 0 Å². The molecule has 0 spiro atoms. The number of hydrogen-bond donors (Lipinski definition) is 0. The van der Waals surface area contributed by atoms with Crippen LogP contribution in [-0.4, -0.2) is 12.1 Å². The van der Waals surface area contributed by atoms with Crippen LogP contribution in [0, 0.1) is 11.3 Å². The van der Waals surface area contributed by atoms with Gasteiger partial charge in [0.25, 0.3) is 0 Å². The summed E-state index contributed by atoms with van der Waals surface area (Å²) in [5.41, 5.74) is 1.02. The molecule has 1 atom stereocenters. The van der Waals surface area contributed by atoms with Gasteiger partial charge in [-0.3, -0.25) is 0 Å². The number of ether oxygens (including phenoxy) is 1. The van der Waals surface area contributed by atoms with Crippen molar-refractivity contribution < 1.29 is 9.53 Å². The molecule has 0 bridgehead atoms. The summed E-state index contributed by atoms with van der Waals surface area (Å²) < 4.78 is 5.56. The van der Waals surface area contributed by atoms with Crippen LogP contribution >= 0.6 is 0 Å². The van der Waals surface area contributed by atoms with Gasteiger partial charge in [0.1, 0.15) is 6.10 Å². The lowest BCUT2D eigenvalue weighted by molar-refractivity contribution is -0.148. The second-order valence-corrected chi connectivity index (χ2v) is 6.28. The zero-order valence-corrected chi connectivity index (χ0v) is 13.2. The van der Waals surface area contributed by atoms with E-state index in [9.17, 15) is 4.79 Å². The molecule has 2 nitrogen and oxygen atoms in total. The molecule has 0 aliphatic rings. The molecule has 0 aliphatic carbocycles. The molecule has 0 aromatic rings. The zero-order valence-electron chi connectivity index (χ0n) is 13.2. The Morgan fingerprint density at radius 3 is 2.32 bits per heavy atom. The van der Waals surface area contributed by atoms with E-state index in [0.717, 1.165) is 5.57 Å². The first kappa shape index (κ1) is 17.7. The van der Waals surface area contributed by atoms with Crippen LogP contribution in [0.1, 0.15) is 48.0 Å². The van der Waals surface area contributed by atoms with Crippen molar-refractivity contribution in [3.63, 3.8) is 0 Å². The molecule has 0 unspecified atom stereocenters. The predicted octanol–water partition coefficient (Wildman–Crippen LogP) is 4.68. The van der Waals surface area contributed by atoms with E-state index >= 15 is 0 Å². The summed E-state index contributed by atoms with van der Waals surface area (Å²) in [6.07, 6.45) is 7.82. The van der Waals surface area contributed by atoms with Crippen LogP contribution in [0.2, 0.25) is 0 Å². The normalized spacial score (nSPS) is 14.8. The van der Waals surface area contributed by atoms with Crippen LogP contribution in [0.25, 0.3) is 0 Å². The van der Waals surface area contributed by atoms with E-state index < -0.39 is 0 Å². The van der Waals surface area contributed by atoms with Crippen molar-refractivity contribution in [2.75, 3.05) is 0 Å². The lowest BCUT2D eigenvalue weighted by atomic mass is 9.86. The maximum atomic E-state index is 11.8. The number of carbonyl (C=O) groups excluding carboxylic acids is 1. The molecule has 0 aromatic carbocycles. The second kappa shape index (κ2) is 7.98. The van der Waals surface area contributed by atoms with Crippen molar-refractivity contribution in [1.82, 2.24) is 0 Å². The van der Waals surface area contributed by atoms with Crippen LogP contribution in [0.4, 0.5) is 0 Å². The molecule has 0 aliphatic heterocycles. The van der Waals surface area contributed by atoms with E-state index in [1.165, 1.54) is 6.08 Å². The SMILES string of the molecule is C=C/C(C)=C/C[C@@H](OC(=O)/C=C/C(C)C)C(C)(C)C. The first-order chi connectivity index (χ1) is 8.66. The highest BCUT2D eigenvalue weighted by atomic mass is 16.5. The summed E-state index contributed by atoms with van der Waals surface area (Å²) >= 11 is 0. The summed E-state index contributed by atoms with van der Waals surface area (Å²) in [7, 11) is 0. The van der Waals surface area contributed by atoms with Crippen LogP contribution < -0.4 is 0 Å². The largest absolute Gasteiger partial charge is 0.458 e. The van der Waals surface area contributed by atoms with Gasteiger partial charge in [-0.25, -0.2) is 4.79 Å². The van der Waals surface area contributed by atoms with E-state index in [1.54, 1.807) is 6.08 Å². The summed E-state index contributed by atoms with van der Waals surface area (Å²) in [4.78, 5) is 11.8. The Hall–Kier alpha value is -1.31. The average molecular weight is 264 g/mol. The average Bonchev–Trinajstić information content (AvgIpc) is 2.29. The van der Waals surface area contributed by atoms with Crippen LogP contribution in [0.3, 0.4) is 0 Å². The summed E-state index contributed by atoms with van der Waals surface area (Å²) in [5.74, 6) is 0.0850. The molecule has 0 radical (unpaired) electrons. The van der Waals surface area contributed by atoms with Gasteiger partial charge in [0.05, 0.1) is 0 Å². The number of esters is 1. The predicted molar refractivity (Wildman–Crippen MR) is 81.9 cm³/mol. The Balaban J connectivity index is 4.71. The van der Waals surface area contributed by atoms with E-state index in [4.69, 9.17) is 4.74 Å². The minimum atomic E-state index is -0.265. The highest BCUT2D eigenvalue weighted by molar-refractivity contribution is 5.82. The van der Waals surface area contributed by atoms with Crippen molar-refractivity contribution in [3.05, 3.63) is 36.5 Å². The van der Waals surface area contributed by atoms with Gasteiger partial charge in [0.2, 0.25) is 0 Å². The van der Waals surface area contributed by atoms with E-state index in [2.05, 4.69) is 33.4 Å². The number of hydrogen-bond acceptors (Lipinski definition) is 2. The fourth-order valence-electron chi connectivity index (χ4n) is 1.41. The second-order valence-electron chi connectivity index (χ2n) is 6.28. The van der Waals surface area contributed by atoms with Gasteiger partial charge >= 0.3 is 5.97 Å². The molecule has 19 heavy (non-hydrogen) atoms. The highest BCUT2D eigenvalue weighted by Gasteiger charge is 2.26. The van der Waals surface area contributed by atoms with Crippen LogP contribution in [0.15, 0.2) is 36.5 Å². The number of rotatable bonds is 6. The number of allylic oxidation sites excluding steroid dienone is 3. The Morgan fingerprint density at radius 1 is 1.32 bits per heavy atom. The lowest BCUT2D eigenvalue weighted by Crippen LogP contribution is -2.30. The van der Waals surface area contributed by atoms with Crippen molar-refractivity contribution in [1.29, 1.82) is 0 Å². The van der Waals surface area contributed by atoms with Crippen LogP contribution in [0.5, 0.6) is 0 Å². The fraction of sp³-hybridized carbons (Fsp3) is 0.588. The molecule has 0 amide bonds. The Kier molecular flexibility index (Phi) is 7.43. The maximum Gasteiger partial charge on any atom is 0.330 e. The van der Waals surface area contributed by atoms with Gasteiger partial charge in [0, 0.05) is 12.5 Å². The molecule has 0 heterocycles. The van der Waals surface area contributed by atoms with E-state index in [1.807, 2.05) is 26.8 Å². The van der Waals surface area contributed by atoms with Crippen molar-refractivity contribution in [3.8, 4) is 0 Å². The monoisotopic (exact) mass is 264 g/mol. The molecule has 0 aromatic heterocycles.